The van der Waals surface area contributed by atoms with Crippen molar-refractivity contribution in [3.8, 4) is 39.1 Å². The zero-order valence-electron chi connectivity index (χ0n) is 35.8. The summed E-state index contributed by atoms with van der Waals surface area (Å²) in [7, 11) is 0. The number of aromatic nitrogens is 1. The third-order valence-electron chi connectivity index (χ3n) is 13.2. The maximum atomic E-state index is 2.46. The molecule has 0 atom stereocenters. The van der Waals surface area contributed by atoms with Gasteiger partial charge >= 0.3 is 0 Å². The summed E-state index contributed by atoms with van der Waals surface area (Å²) in [5, 5.41) is 9.99. The van der Waals surface area contributed by atoms with E-state index in [1.165, 1.54) is 98.6 Å². The van der Waals surface area contributed by atoms with Crippen LogP contribution >= 0.6 is 0 Å². The van der Waals surface area contributed by atoms with Gasteiger partial charge in [0.15, 0.2) is 0 Å². The van der Waals surface area contributed by atoms with Gasteiger partial charge in [-0.3, -0.25) is 0 Å². The van der Waals surface area contributed by atoms with Crippen molar-refractivity contribution in [1.29, 1.82) is 0 Å². The molecule has 0 bridgehead atoms. The highest BCUT2D eigenvalue weighted by molar-refractivity contribution is 6.21. The Balaban J connectivity index is 1.06. The van der Waals surface area contributed by atoms with E-state index in [-0.39, 0.29) is 0 Å². The van der Waals surface area contributed by atoms with E-state index < -0.39 is 0 Å². The van der Waals surface area contributed by atoms with Crippen molar-refractivity contribution in [3.05, 3.63) is 242 Å². The average Bonchev–Trinajstić information content (AvgIpc) is 3.68. The number of para-hydroxylation sites is 2. The molecule has 1 aromatic heterocycles. The van der Waals surface area contributed by atoms with Crippen molar-refractivity contribution in [2.24, 2.45) is 0 Å². The summed E-state index contributed by atoms with van der Waals surface area (Å²) in [5.74, 6) is 0. The Labute approximate surface area is 373 Å². The zero-order chi connectivity index (χ0) is 42.7. The van der Waals surface area contributed by atoms with E-state index in [0.29, 0.717) is 0 Å². The SMILES string of the molecule is Cc1cc(N(c2ccc(-c3c4ccccc4c(-c4ccccc4)c4ccccc34)cc2)c2ccc3c(c2)c2ccccc2n3-c2ccccc2)c(C)cc1-c1cccc2ccccc12. The van der Waals surface area contributed by atoms with Crippen LogP contribution in [0.5, 0.6) is 0 Å². The van der Waals surface area contributed by atoms with Crippen LogP contribution in [0, 0.1) is 13.8 Å². The molecule has 2 nitrogen and oxygen atoms in total. The van der Waals surface area contributed by atoms with E-state index >= 15 is 0 Å². The first-order chi connectivity index (χ1) is 31.6. The molecule has 302 valence electrons. The Kier molecular flexibility index (Phi) is 8.98. The summed E-state index contributed by atoms with van der Waals surface area (Å²) >= 11 is 0. The maximum Gasteiger partial charge on any atom is 0.0542 e. The number of rotatable bonds is 7. The minimum atomic E-state index is 1.10. The molecule has 64 heavy (non-hydrogen) atoms. The highest BCUT2D eigenvalue weighted by atomic mass is 15.1. The Morgan fingerprint density at radius 1 is 0.328 bits per heavy atom. The molecule has 0 saturated carbocycles. The van der Waals surface area contributed by atoms with Crippen LogP contribution in [-0.2, 0) is 0 Å². The van der Waals surface area contributed by atoms with E-state index in [9.17, 15) is 0 Å². The van der Waals surface area contributed by atoms with E-state index in [0.717, 1.165) is 22.7 Å². The predicted molar refractivity (Wildman–Crippen MR) is 274 cm³/mol. The van der Waals surface area contributed by atoms with Crippen LogP contribution in [-0.4, -0.2) is 4.57 Å². The van der Waals surface area contributed by atoms with Gasteiger partial charge in [-0.05, 0) is 151 Å². The van der Waals surface area contributed by atoms with Gasteiger partial charge in [-0.2, -0.15) is 0 Å². The Hall–Kier alpha value is -8.20. The van der Waals surface area contributed by atoms with Crippen LogP contribution in [0.25, 0.3) is 93.2 Å². The molecule has 0 fully saturated rings. The number of benzene rings is 11. The number of hydrogen-bond acceptors (Lipinski definition) is 1. The monoisotopic (exact) mass is 816 g/mol. The van der Waals surface area contributed by atoms with Crippen LogP contribution in [0.1, 0.15) is 11.1 Å². The second kappa shape index (κ2) is 15.3. The standard InChI is InChI=1S/C62H44N2/c1-41-39-60(42(2)38-56(41)50-30-17-21-43-18-9-10-24-49(43)50)63(48-36-37-59-57(40-48)51-25-15-16-31-58(51)64(59)46-22-7-4-8-23-46)47-34-32-45(33-35-47)62-54-28-13-11-26-52(54)61(44-19-5-3-6-20-44)53-27-12-14-29-55(53)62/h3-40H,1-2H3. The molecule has 0 aliphatic heterocycles. The summed E-state index contributed by atoms with van der Waals surface area (Å²) in [4.78, 5) is 2.46. The van der Waals surface area contributed by atoms with E-state index in [1.807, 2.05) is 0 Å². The van der Waals surface area contributed by atoms with E-state index in [2.05, 4.69) is 254 Å². The van der Waals surface area contributed by atoms with Crippen LogP contribution in [0.15, 0.2) is 231 Å². The van der Waals surface area contributed by atoms with Crippen molar-refractivity contribution in [2.45, 2.75) is 13.8 Å². The normalized spacial score (nSPS) is 11.6. The fourth-order valence-electron chi connectivity index (χ4n) is 10.3. The van der Waals surface area contributed by atoms with Crippen LogP contribution in [0.4, 0.5) is 17.1 Å². The van der Waals surface area contributed by atoms with Crippen molar-refractivity contribution < 1.29 is 0 Å². The quantitative estimate of drug-likeness (QED) is 0.146. The first-order valence-corrected chi connectivity index (χ1v) is 22.2. The number of hydrogen-bond donors (Lipinski definition) is 0. The molecule has 1 heterocycles. The van der Waals surface area contributed by atoms with Crippen molar-refractivity contribution in [1.82, 2.24) is 4.57 Å². The lowest BCUT2D eigenvalue weighted by atomic mass is 9.86. The molecule has 0 spiro atoms. The van der Waals surface area contributed by atoms with Gasteiger partial charge in [-0.15, -0.1) is 0 Å². The van der Waals surface area contributed by atoms with E-state index in [1.54, 1.807) is 0 Å². The number of anilines is 3. The van der Waals surface area contributed by atoms with Gasteiger partial charge in [0, 0.05) is 33.5 Å². The molecule has 12 aromatic rings. The molecular formula is C62H44N2. The summed E-state index contributed by atoms with van der Waals surface area (Å²) < 4.78 is 2.39. The molecule has 0 N–H and O–H groups in total. The molecule has 0 aliphatic carbocycles. The molecule has 0 aliphatic rings. The number of aryl methyl sites for hydroxylation is 2. The first-order valence-electron chi connectivity index (χ1n) is 22.2. The Morgan fingerprint density at radius 2 is 0.844 bits per heavy atom. The minimum Gasteiger partial charge on any atom is -0.310 e. The van der Waals surface area contributed by atoms with E-state index in [4.69, 9.17) is 0 Å². The zero-order valence-corrected chi connectivity index (χ0v) is 35.8. The molecule has 2 heteroatoms. The van der Waals surface area contributed by atoms with Gasteiger partial charge in [0.1, 0.15) is 0 Å². The lowest BCUT2D eigenvalue weighted by molar-refractivity contribution is 1.18. The van der Waals surface area contributed by atoms with Gasteiger partial charge in [-0.25, -0.2) is 0 Å². The Morgan fingerprint density at radius 3 is 1.52 bits per heavy atom. The van der Waals surface area contributed by atoms with Gasteiger partial charge < -0.3 is 9.47 Å². The fraction of sp³-hybridized carbons (Fsp3) is 0.0323. The van der Waals surface area contributed by atoms with Crippen LogP contribution in [0.2, 0.25) is 0 Å². The largest absolute Gasteiger partial charge is 0.310 e. The van der Waals surface area contributed by atoms with Crippen molar-refractivity contribution >= 4 is 71.2 Å². The molecule has 0 saturated heterocycles. The van der Waals surface area contributed by atoms with Gasteiger partial charge in [0.2, 0.25) is 0 Å². The minimum absolute atomic E-state index is 1.10. The second-order valence-corrected chi connectivity index (χ2v) is 17.0. The number of fused-ring (bicyclic) bond motifs is 6. The highest BCUT2D eigenvalue weighted by Gasteiger charge is 2.22. The lowest BCUT2D eigenvalue weighted by Crippen LogP contribution is -2.12. The van der Waals surface area contributed by atoms with Crippen LogP contribution < -0.4 is 4.90 Å². The number of nitrogens with zero attached hydrogens (tertiary/aromatic N) is 2. The third-order valence-corrected chi connectivity index (χ3v) is 13.2. The van der Waals surface area contributed by atoms with Gasteiger partial charge in [0.05, 0.1) is 11.0 Å². The molecule has 0 unspecified atom stereocenters. The maximum absolute atomic E-state index is 2.46. The molecule has 0 radical (unpaired) electrons. The second-order valence-electron chi connectivity index (χ2n) is 17.0. The fourth-order valence-corrected chi connectivity index (χ4v) is 10.3. The molecule has 11 aromatic carbocycles. The summed E-state index contributed by atoms with van der Waals surface area (Å²) in [6, 6.07) is 84.5. The third kappa shape index (κ3) is 6.10. The lowest BCUT2D eigenvalue weighted by Gasteiger charge is -2.29. The smallest absolute Gasteiger partial charge is 0.0542 e. The molecule has 0 amide bonds. The predicted octanol–water partition coefficient (Wildman–Crippen LogP) is 17.3. The topological polar surface area (TPSA) is 8.17 Å². The van der Waals surface area contributed by atoms with Crippen molar-refractivity contribution in [3.63, 3.8) is 0 Å². The van der Waals surface area contributed by atoms with Gasteiger partial charge in [-0.1, -0.05) is 170 Å². The Bertz CT molecular complexity index is 3670. The molecular weight excluding hydrogens is 773 g/mol. The summed E-state index contributed by atoms with van der Waals surface area (Å²) in [6.07, 6.45) is 0. The summed E-state index contributed by atoms with van der Waals surface area (Å²) in [5.41, 5.74) is 16.8. The molecule has 12 rings (SSSR count). The average molecular weight is 817 g/mol. The van der Waals surface area contributed by atoms with Crippen molar-refractivity contribution in [2.75, 3.05) is 4.90 Å². The van der Waals surface area contributed by atoms with Crippen LogP contribution in [0.3, 0.4) is 0 Å². The summed E-state index contributed by atoms with van der Waals surface area (Å²) in [6.45, 7) is 4.52. The highest BCUT2D eigenvalue weighted by Crippen LogP contribution is 2.46. The first kappa shape index (κ1) is 37.6. The van der Waals surface area contributed by atoms with Gasteiger partial charge in [0.25, 0.3) is 0 Å².